The molecule has 164 valence electrons. The zero-order valence-corrected chi connectivity index (χ0v) is 18.6. The Kier molecular flexibility index (Phi) is 6.71. The van der Waals surface area contributed by atoms with Crippen LogP contribution in [0.5, 0.6) is 0 Å². The zero-order valence-electron chi connectivity index (χ0n) is 18.6. The van der Waals surface area contributed by atoms with Crippen molar-refractivity contribution < 1.29 is 9.59 Å². The van der Waals surface area contributed by atoms with Crippen LogP contribution in [-0.2, 0) is 28.9 Å². The van der Waals surface area contributed by atoms with Crippen molar-refractivity contribution in [3.63, 3.8) is 0 Å². The molecule has 1 aliphatic carbocycles. The fourth-order valence-corrected chi connectivity index (χ4v) is 4.93. The van der Waals surface area contributed by atoms with Gasteiger partial charge in [-0.3, -0.25) is 9.59 Å². The van der Waals surface area contributed by atoms with E-state index in [1.807, 2.05) is 12.1 Å². The number of hydrogen-bond donors (Lipinski definition) is 1. The molecular formula is C26H33N3O2. The van der Waals surface area contributed by atoms with Gasteiger partial charge in [0.25, 0.3) is 0 Å². The summed E-state index contributed by atoms with van der Waals surface area (Å²) in [5, 5.41) is 3.13. The quantitative estimate of drug-likeness (QED) is 0.781. The Morgan fingerprint density at radius 1 is 1.00 bits per heavy atom. The van der Waals surface area contributed by atoms with Crippen LogP contribution in [0.15, 0.2) is 48.5 Å². The molecule has 2 aromatic carbocycles. The summed E-state index contributed by atoms with van der Waals surface area (Å²) in [6, 6.07) is 16.7. The molecule has 0 spiro atoms. The number of rotatable bonds is 6. The van der Waals surface area contributed by atoms with E-state index in [4.69, 9.17) is 0 Å². The lowest BCUT2D eigenvalue weighted by Gasteiger charge is -2.37. The Morgan fingerprint density at radius 2 is 1.74 bits per heavy atom. The lowest BCUT2D eigenvalue weighted by atomic mass is 9.87. The number of carbonyl (C=O) groups excluding carboxylic acids is 2. The van der Waals surface area contributed by atoms with Crippen molar-refractivity contribution in [3.05, 3.63) is 65.2 Å². The summed E-state index contributed by atoms with van der Waals surface area (Å²) in [4.78, 5) is 29.8. The van der Waals surface area contributed by atoms with Gasteiger partial charge in [0.15, 0.2) is 0 Å². The average molecular weight is 420 g/mol. The largest absolute Gasteiger partial charge is 0.349 e. The van der Waals surface area contributed by atoms with E-state index in [2.05, 4.69) is 46.6 Å². The zero-order chi connectivity index (χ0) is 21.8. The van der Waals surface area contributed by atoms with Crippen LogP contribution >= 0.6 is 0 Å². The molecular weight excluding hydrogens is 386 g/mol. The molecule has 1 saturated heterocycles. The lowest BCUT2D eigenvalue weighted by Crippen LogP contribution is -2.49. The SMILES string of the molecule is CN(C)C(=O)[C@H]1C[C@@H](C(=O)Nc2ccc3c(c2)CCC3)CN(CCc2ccccc2)C1. The molecule has 2 aliphatic rings. The predicted octanol–water partition coefficient (Wildman–Crippen LogP) is 3.38. The summed E-state index contributed by atoms with van der Waals surface area (Å²) in [7, 11) is 3.59. The molecule has 1 fully saturated rings. The number of fused-ring (bicyclic) bond motifs is 1. The average Bonchev–Trinajstić information content (AvgIpc) is 3.25. The van der Waals surface area contributed by atoms with Gasteiger partial charge in [-0.25, -0.2) is 0 Å². The Bertz CT molecular complexity index is 926. The Labute approximate surface area is 185 Å². The number of nitrogens with one attached hydrogen (secondary N) is 1. The number of anilines is 1. The Hall–Kier alpha value is -2.66. The van der Waals surface area contributed by atoms with E-state index in [9.17, 15) is 9.59 Å². The Morgan fingerprint density at radius 3 is 2.52 bits per heavy atom. The van der Waals surface area contributed by atoms with Crippen molar-refractivity contribution in [3.8, 4) is 0 Å². The van der Waals surface area contributed by atoms with E-state index in [0.29, 0.717) is 19.5 Å². The van der Waals surface area contributed by atoms with Crippen LogP contribution < -0.4 is 5.32 Å². The van der Waals surface area contributed by atoms with Crippen molar-refractivity contribution in [2.45, 2.75) is 32.1 Å². The molecule has 0 bridgehead atoms. The van der Waals surface area contributed by atoms with Crippen LogP contribution in [0.2, 0.25) is 0 Å². The third-order valence-electron chi connectivity index (χ3n) is 6.61. The van der Waals surface area contributed by atoms with Crippen molar-refractivity contribution in [2.24, 2.45) is 11.8 Å². The standard InChI is InChI=1S/C26H33N3O2/c1-28(2)26(31)23-15-22(17-29(18-23)14-13-19-7-4-3-5-8-19)25(30)27-24-12-11-20-9-6-10-21(20)16-24/h3-5,7-8,11-12,16,22-23H,6,9-10,13-15,17-18H2,1-2H3,(H,27,30)/t22-,23+/m1/s1. The van der Waals surface area contributed by atoms with Crippen LogP contribution in [-0.4, -0.2) is 55.3 Å². The molecule has 1 heterocycles. The maximum atomic E-state index is 13.2. The van der Waals surface area contributed by atoms with E-state index in [1.54, 1.807) is 19.0 Å². The van der Waals surface area contributed by atoms with Gasteiger partial charge in [0.2, 0.25) is 11.8 Å². The van der Waals surface area contributed by atoms with Gasteiger partial charge < -0.3 is 15.1 Å². The maximum absolute atomic E-state index is 13.2. The monoisotopic (exact) mass is 419 g/mol. The first-order valence-electron chi connectivity index (χ1n) is 11.4. The molecule has 0 saturated carbocycles. The fourth-order valence-electron chi connectivity index (χ4n) is 4.93. The highest BCUT2D eigenvalue weighted by atomic mass is 16.2. The summed E-state index contributed by atoms with van der Waals surface area (Å²) in [5.74, 6) is -0.194. The smallest absolute Gasteiger partial charge is 0.228 e. The minimum atomic E-state index is -0.188. The number of likely N-dealkylation sites (tertiary alicyclic amines) is 1. The van der Waals surface area contributed by atoms with Crippen molar-refractivity contribution in [1.29, 1.82) is 0 Å². The number of carbonyl (C=O) groups is 2. The van der Waals surface area contributed by atoms with Crippen LogP contribution in [0.4, 0.5) is 5.69 Å². The number of aryl methyl sites for hydroxylation is 2. The summed E-state index contributed by atoms with van der Waals surface area (Å²) in [6.45, 7) is 2.26. The van der Waals surface area contributed by atoms with E-state index in [1.165, 1.54) is 23.1 Å². The predicted molar refractivity (Wildman–Crippen MR) is 124 cm³/mol. The highest BCUT2D eigenvalue weighted by molar-refractivity contribution is 5.93. The van der Waals surface area contributed by atoms with E-state index in [0.717, 1.165) is 31.5 Å². The van der Waals surface area contributed by atoms with Gasteiger partial charge in [-0.15, -0.1) is 0 Å². The van der Waals surface area contributed by atoms with Gasteiger partial charge in [-0.05, 0) is 60.9 Å². The molecule has 31 heavy (non-hydrogen) atoms. The second-order valence-corrected chi connectivity index (χ2v) is 9.18. The highest BCUT2D eigenvalue weighted by Crippen LogP contribution is 2.28. The molecule has 5 heteroatoms. The third kappa shape index (κ3) is 5.34. The normalized spacial score (nSPS) is 20.8. The summed E-state index contributed by atoms with van der Waals surface area (Å²) in [6.07, 6.45) is 4.95. The minimum Gasteiger partial charge on any atom is -0.349 e. The number of piperidine rings is 1. The van der Waals surface area contributed by atoms with E-state index in [-0.39, 0.29) is 23.7 Å². The Balaban J connectivity index is 1.44. The number of amides is 2. The first kappa shape index (κ1) is 21.6. The maximum Gasteiger partial charge on any atom is 0.228 e. The van der Waals surface area contributed by atoms with Gasteiger partial charge in [0, 0.05) is 39.4 Å². The lowest BCUT2D eigenvalue weighted by molar-refractivity contribution is -0.136. The molecule has 0 unspecified atom stereocenters. The summed E-state index contributed by atoms with van der Waals surface area (Å²) >= 11 is 0. The van der Waals surface area contributed by atoms with Crippen molar-refractivity contribution >= 4 is 17.5 Å². The van der Waals surface area contributed by atoms with Crippen molar-refractivity contribution in [1.82, 2.24) is 9.80 Å². The molecule has 2 atom stereocenters. The first-order valence-corrected chi connectivity index (χ1v) is 11.4. The third-order valence-corrected chi connectivity index (χ3v) is 6.61. The molecule has 1 aliphatic heterocycles. The van der Waals surface area contributed by atoms with Gasteiger partial charge in [0.05, 0.1) is 11.8 Å². The number of nitrogens with zero attached hydrogens (tertiary/aromatic N) is 2. The molecule has 2 amide bonds. The van der Waals surface area contributed by atoms with Crippen LogP contribution in [0.1, 0.15) is 29.5 Å². The second kappa shape index (κ2) is 9.65. The highest BCUT2D eigenvalue weighted by Gasteiger charge is 2.35. The summed E-state index contributed by atoms with van der Waals surface area (Å²) < 4.78 is 0. The minimum absolute atomic E-state index is 0.0268. The fraction of sp³-hybridized carbons (Fsp3) is 0.462. The molecule has 4 rings (SSSR count). The molecule has 2 aromatic rings. The van der Waals surface area contributed by atoms with E-state index >= 15 is 0 Å². The van der Waals surface area contributed by atoms with Gasteiger partial charge in [-0.2, -0.15) is 0 Å². The van der Waals surface area contributed by atoms with E-state index < -0.39 is 0 Å². The first-order chi connectivity index (χ1) is 15.0. The van der Waals surface area contributed by atoms with Crippen LogP contribution in [0.3, 0.4) is 0 Å². The molecule has 5 nitrogen and oxygen atoms in total. The van der Waals surface area contributed by atoms with Gasteiger partial charge in [-0.1, -0.05) is 36.4 Å². The summed E-state index contributed by atoms with van der Waals surface area (Å²) in [5.41, 5.74) is 4.91. The topological polar surface area (TPSA) is 52.7 Å². The van der Waals surface area contributed by atoms with Gasteiger partial charge >= 0.3 is 0 Å². The number of benzene rings is 2. The van der Waals surface area contributed by atoms with Crippen molar-refractivity contribution in [2.75, 3.05) is 39.0 Å². The van der Waals surface area contributed by atoms with Crippen LogP contribution in [0.25, 0.3) is 0 Å². The van der Waals surface area contributed by atoms with Gasteiger partial charge in [0.1, 0.15) is 0 Å². The second-order valence-electron chi connectivity index (χ2n) is 9.18. The molecule has 0 aromatic heterocycles. The van der Waals surface area contributed by atoms with Crippen LogP contribution in [0, 0.1) is 11.8 Å². The molecule has 0 radical (unpaired) electrons. The molecule has 1 N–H and O–H groups in total. The number of hydrogen-bond acceptors (Lipinski definition) is 3.